The van der Waals surface area contributed by atoms with Crippen LogP contribution < -0.4 is 10.5 Å². The maximum atomic E-state index is 5.79. The van der Waals surface area contributed by atoms with Gasteiger partial charge in [-0.2, -0.15) is 0 Å². The lowest BCUT2D eigenvalue weighted by Gasteiger charge is -2.09. The Balaban J connectivity index is 1.86. The summed E-state index contributed by atoms with van der Waals surface area (Å²) in [6.45, 7) is 2.26. The van der Waals surface area contributed by atoms with Crippen LogP contribution in [0.15, 0.2) is 29.4 Å². The molecule has 9 heteroatoms. The van der Waals surface area contributed by atoms with Gasteiger partial charge in [0.25, 0.3) is 0 Å². The van der Waals surface area contributed by atoms with Gasteiger partial charge in [-0.15, -0.1) is 31.7 Å². The predicted octanol–water partition coefficient (Wildman–Crippen LogP) is 2.19. The van der Waals surface area contributed by atoms with Gasteiger partial charge in [-0.1, -0.05) is 11.8 Å². The van der Waals surface area contributed by atoms with Crippen LogP contribution in [0.3, 0.4) is 0 Å². The fourth-order valence-corrected chi connectivity index (χ4v) is 3.70. The number of methoxy groups -OCH3 is 1. The number of aromatic nitrogens is 5. The van der Waals surface area contributed by atoms with E-state index >= 15 is 0 Å². The van der Waals surface area contributed by atoms with Gasteiger partial charge in [0.05, 0.1) is 19.4 Å². The molecule has 2 aromatic heterocycles. The molecule has 0 unspecified atom stereocenters. The van der Waals surface area contributed by atoms with Crippen LogP contribution in [0.2, 0.25) is 0 Å². The Labute approximate surface area is 141 Å². The van der Waals surface area contributed by atoms with Crippen molar-refractivity contribution in [3.05, 3.63) is 40.1 Å². The molecule has 0 aliphatic rings. The summed E-state index contributed by atoms with van der Waals surface area (Å²) in [5.74, 6) is 2.21. The Morgan fingerprint density at radius 3 is 2.57 bits per heavy atom. The second-order valence-electron chi connectivity index (χ2n) is 4.64. The zero-order valence-corrected chi connectivity index (χ0v) is 14.4. The third-order valence-corrected chi connectivity index (χ3v) is 5.07. The van der Waals surface area contributed by atoms with Crippen LogP contribution in [-0.2, 0) is 12.3 Å². The standard InChI is InChI=1S/C14H16N6OS2/c1-9-16-18-13(23-9)8-22-14-19-17-12(7-15)20(14)10-3-5-11(21-2)6-4-10/h3-6H,7-8,15H2,1-2H3. The molecule has 0 bridgehead atoms. The number of hydrogen-bond acceptors (Lipinski definition) is 8. The Morgan fingerprint density at radius 1 is 1.17 bits per heavy atom. The molecule has 120 valence electrons. The van der Waals surface area contributed by atoms with Gasteiger partial charge in [-0.3, -0.25) is 4.57 Å². The Morgan fingerprint density at radius 2 is 1.96 bits per heavy atom. The van der Waals surface area contributed by atoms with Crippen LogP contribution in [0.4, 0.5) is 0 Å². The molecule has 23 heavy (non-hydrogen) atoms. The highest BCUT2D eigenvalue weighted by Crippen LogP contribution is 2.27. The third-order valence-electron chi connectivity index (χ3n) is 3.11. The van der Waals surface area contributed by atoms with Crippen LogP contribution in [0.5, 0.6) is 5.75 Å². The Hall–Kier alpha value is -1.97. The topological polar surface area (TPSA) is 91.7 Å². The summed E-state index contributed by atoms with van der Waals surface area (Å²) < 4.78 is 7.15. The molecular formula is C14H16N6OS2. The lowest BCUT2D eigenvalue weighted by atomic mass is 10.3. The SMILES string of the molecule is COc1ccc(-n2c(CN)nnc2SCc2nnc(C)s2)cc1. The monoisotopic (exact) mass is 348 g/mol. The molecular weight excluding hydrogens is 332 g/mol. The largest absolute Gasteiger partial charge is 0.497 e. The van der Waals surface area contributed by atoms with E-state index in [1.165, 1.54) is 0 Å². The van der Waals surface area contributed by atoms with Crippen molar-refractivity contribution in [3.63, 3.8) is 0 Å². The van der Waals surface area contributed by atoms with Crippen molar-refractivity contribution in [2.75, 3.05) is 7.11 Å². The highest BCUT2D eigenvalue weighted by atomic mass is 32.2. The molecule has 3 aromatic rings. The first-order chi connectivity index (χ1) is 11.2. The molecule has 2 heterocycles. The van der Waals surface area contributed by atoms with Crippen molar-refractivity contribution in [1.29, 1.82) is 0 Å². The number of benzene rings is 1. The quantitative estimate of drug-likeness (QED) is 0.683. The molecule has 7 nitrogen and oxygen atoms in total. The normalized spacial score (nSPS) is 10.9. The summed E-state index contributed by atoms with van der Waals surface area (Å²) >= 11 is 3.15. The molecule has 0 saturated heterocycles. The zero-order chi connectivity index (χ0) is 16.2. The van der Waals surface area contributed by atoms with E-state index in [-0.39, 0.29) is 0 Å². The van der Waals surface area contributed by atoms with Gasteiger partial charge in [0.15, 0.2) is 11.0 Å². The number of hydrogen-bond donors (Lipinski definition) is 1. The highest BCUT2D eigenvalue weighted by Gasteiger charge is 2.14. The zero-order valence-electron chi connectivity index (χ0n) is 12.8. The van der Waals surface area contributed by atoms with Crippen LogP contribution in [0.25, 0.3) is 5.69 Å². The number of nitrogens with zero attached hydrogens (tertiary/aromatic N) is 5. The molecule has 0 spiro atoms. The molecule has 0 atom stereocenters. The van der Waals surface area contributed by atoms with E-state index in [0.29, 0.717) is 18.1 Å². The van der Waals surface area contributed by atoms with Crippen molar-refractivity contribution >= 4 is 23.1 Å². The molecule has 2 N–H and O–H groups in total. The van der Waals surface area contributed by atoms with E-state index in [9.17, 15) is 0 Å². The van der Waals surface area contributed by atoms with Crippen LogP contribution in [-0.4, -0.2) is 32.1 Å². The fourth-order valence-electron chi connectivity index (χ4n) is 2.04. The molecule has 3 rings (SSSR count). The summed E-state index contributed by atoms with van der Waals surface area (Å²) in [5.41, 5.74) is 6.74. The lowest BCUT2D eigenvalue weighted by molar-refractivity contribution is 0.414. The van der Waals surface area contributed by atoms with E-state index < -0.39 is 0 Å². The van der Waals surface area contributed by atoms with E-state index in [2.05, 4.69) is 20.4 Å². The average Bonchev–Trinajstić information content (AvgIpc) is 3.18. The third kappa shape index (κ3) is 3.52. The van der Waals surface area contributed by atoms with Crippen molar-refractivity contribution < 1.29 is 4.74 Å². The second-order valence-corrected chi connectivity index (χ2v) is 6.85. The maximum absolute atomic E-state index is 5.79. The number of ether oxygens (including phenoxy) is 1. The molecule has 0 saturated carbocycles. The van der Waals surface area contributed by atoms with Crippen molar-refractivity contribution in [1.82, 2.24) is 25.0 Å². The summed E-state index contributed by atoms with van der Waals surface area (Å²) in [5, 5.41) is 19.3. The molecule has 0 aliphatic carbocycles. The van der Waals surface area contributed by atoms with E-state index in [0.717, 1.165) is 26.6 Å². The predicted molar refractivity (Wildman–Crippen MR) is 90.0 cm³/mol. The summed E-state index contributed by atoms with van der Waals surface area (Å²) in [7, 11) is 1.64. The first kappa shape index (κ1) is 15.9. The van der Waals surface area contributed by atoms with Gasteiger partial charge in [-0.25, -0.2) is 0 Å². The van der Waals surface area contributed by atoms with Gasteiger partial charge >= 0.3 is 0 Å². The van der Waals surface area contributed by atoms with Crippen LogP contribution in [0, 0.1) is 6.92 Å². The number of nitrogens with two attached hydrogens (primary N) is 1. The van der Waals surface area contributed by atoms with Crippen molar-refractivity contribution in [3.8, 4) is 11.4 Å². The fraction of sp³-hybridized carbons (Fsp3) is 0.286. The second kappa shape index (κ2) is 7.07. The van der Waals surface area contributed by atoms with E-state index in [1.54, 1.807) is 30.2 Å². The summed E-state index contributed by atoms with van der Waals surface area (Å²) in [4.78, 5) is 0. The van der Waals surface area contributed by atoms with Crippen molar-refractivity contribution in [2.24, 2.45) is 5.73 Å². The van der Waals surface area contributed by atoms with Gasteiger partial charge in [0.2, 0.25) is 0 Å². The number of rotatable bonds is 6. The van der Waals surface area contributed by atoms with E-state index in [1.807, 2.05) is 35.8 Å². The van der Waals surface area contributed by atoms with Gasteiger partial charge < -0.3 is 10.5 Å². The summed E-state index contributed by atoms with van der Waals surface area (Å²) in [6.07, 6.45) is 0. The maximum Gasteiger partial charge on any atom is 0.196 e. The molecule has 0 fully saturated rings. The van der Waals surface area contributed by atoms with Crippen molar-refractivity contribution in [2.45, 2.75) is 24.4 Å². The Bertz CT molecular complexity index is 783. The number of aryl methyl sites for hydroxylation is 1. The minimum atomic E-state index is 0.317. The van der Waals surface area contributed by atoms with E-state index in [4.69, 9.17) is 10.5 Å². The first-order valence-electron chi connectivity index (χ1n) is 6.92. The van der Waals surface area contributed by atoms with Crippen LogP contribution in [0.1, 0.15) is 15.8 Å². The highest BCUT2D eigenvalue weighted by molar-refractivity contribution is 7.98. The Kier molecular flexibility index (Phi) is 4.89. The van der Waals surface area contributed by atoms with Gasteiger partial charge in [-0.05, 0) is 31.2 Å². The molecule has 0 radical (unpaired) electrons. The summed E-state index contributed by atoms with van der Waals surface area (Å²) in [6, 6.07) is 7.72. The average molecular weight is 348 g/mol. The van der Waals surface area contributed by atoms with Gasteiger partial charge in [0, 0.05) is 5.69 Å². The smallest absolute Gasteiger partial charge is 0.196 e. The number of thioether (sulfide) groups is 1. The minimum Gasteiger partial charge on any atom is -0.497 e. The molecule has 0 aliphatic heterocycles. The molecule has 0 amide bonds. The lowest BCUT2D eigenvalue weighted by Crippen LogP contribution is -2.07. The van der Waals surface area contributed by atoms with Crippen LogP contribution >= 0.6 is 23.1 Å². The minimum absolute atomic E-state index is 0.317. The van der Waals surface area contributed by atoms with Gasteiger partial charge in [0.1, 0.15) is 15.8 Å². The molecule has 1 aromatic carbocycles. The first-order valence-corrected chi connectivity index (χ1v) is 8.72.